The minimum Gasteiger partial charge on any atom is -0.344 e. The summed E-state index contributed by atoms with van der Waals surface area (Å²) < 4.78 is 161. The Bertz CT molecular complexity index is 481. The predicted molar refractivity (Wildman–Crippen MR) is 42.4 cm³/mol. The van der Waals surface area contributed by atoms with E-state index in [4.69, 9.17) is 4.55 Å². The molecular formula is C5H4F11NO3S. The zero-order valence-electron chi connectivity index (χ0n) is 9.04. The standard InChI is InChI=1S/C5HF11O3S.H3N/c6-1(7,2(8,9)4(12,13)14)3(10,11)5(15,16)20(17,18)19;/h(H,17,18,19);1H3. The molecular weight excluding hydrogens is 363 g/mol. The molecule has 0 aromatic carbocycles. The van der Waals surface area contributed by atoms with Crippen molar-refractivity contribution in [1.29, 1.82) is 0 Å². The van der Waals surface area contributed by atoms with Crippen molar-refractivity contribution >= 4 is 10.1 Å². The summed E-state index contributed by atoms with van der Waals surface area (Å²) in [5.74, 6) is -23.3. The molecule has 0 radical (unpaired) electrons. The first kappa shape index (κ1) is 22.4. The van der Waals surface area contributed by atoms with Gasteiger partial charge in [-0.2, -0.15) is 56.7 Å². The number of hydrogen-bond acceptors (Lipinski definition) is 3. The molecule has 130 valence electrons. The van der Waals surface area contributed by atoms with Gasteiger partial charge in [0.25, 0.3) is 0 Å². The van der Waals surface area contributed by atoms with Crippen molar-refractivity contribution in [3.8, 4) is 0 Å². The second kappa shape index (κ2) is 5.08. The first-order valence-corrected chi connectivity index (χ1v) is 5.24. The largest absolute Gasteiger partial charge is 0.460 e. The van der Waals surface area contributed by atoms with E-state index in [-0.39, 0.29) is 6.15 Å². The van der Waals surface area contributed by atoms with E-state index in [1.807, 2.05) is 0 Å². The van der Waals surface area contributed by atoms with Crippen LogP contribution in [0.3, 0.4) is 0 Å². The second-order valence-corrected chi connectivity index (χ2v) is 4.68. The van der Waals surface area contributed by atoms with Gasteiger partial charge in [0, 0.05) is 0 Å². The second-order valence-electron chi connectivity index (χ2n) is 3.21. The molecule has 0 spiro atoms. The summed E-state index contributed by atoms with van der Waals surface area (Å²) in [4.78, 5) is 0. The van der Waals surface area contributed by atoms with Gasteiger partial charge in [0.2, 0.25) is 0 Å². The minimum absolute atomic E-state index is 0. The number of hydrogen-bond donors (Lipinski definition) is 2. The Morgan fingerprint density at radius 1 is 0.619 bits per heavy atom. The van der Waals surface area contributed by atoms with Gasteiger partial charge in [-0.15, -0.1) is 0 Å². The molecule has 16 heteroatoms. The van der Waals surface area contributed by atoms with E-state index in [0.29, 0.717) is 0 Å². The van der Waals surface area contributed by atoms with Crippen LogP contribution in [0.25, 0.3) is 0 Å². The fourth-order valence-electron chi connectivity index (χ4n) is 0.720. The molecule has 0 aromatic heterocycles. The Balaban J connectivity index is 0. The van der Waals surface area contributed by atoms with Gasteiger partial charge < -0.3 is 6.15 Å². The van der Waals surface area contributed by atoms with E-state index in [9.17, 15) is 56.7 Å². The molecule has 0 bridgehead atoms. The van der Waals surface area contributed by atoms with Crippen molar-refractivity contribution in [1.82, 2.24) is 6.15 Å². The summed E-state index contributed by atoms with van der Waals surface area (Å²) in [5, 5.41) is -7.29. The molecule has 0 atom stereocenters. The van der Waals surface area contributed by atoms with Crippen LogP contribution < -0.4 is 6.15 Å². The maximum atomic E-state index is 12.5. The van der Waals surface area contributed by atoms with Crippen LogP contribution in [0.15, 0.2) is 0 Å². The van der Waals surface area contributed by atoms with E-state index in [1.54, 1.807) is 0 Å². The molecule has 0 saturated carbocycles. The van der Waals surface area contributed by atoms with Crippen molar-refractivity contribution in [3.63, 3.8) is 0 Å². The highest BCUT2D eigenvalue weighted by Crippen LogP contribution is 2.58. The van der Waals surface area contributed by atoms with Crippen LogP contribution in [0.2, 0.25) is 0 Å². The van der Waals surface area contributed by atoms with Gasteiger partial charge in [0.1, 0.15) is 0 Å². The average Bonchev–Trinajstić information content (AvgIpc) is 2.12. The van der Waals surface area contributed by atoms with E-state index in [2.05, 4.69) is 0 Å². The maximum Gasteiger partial charge on any atom is 0.460 e. The van der Waals surface area contributed by atoms with Gasteiger partial charge >= 0.3 is 39.3 Å². The van der Waals surface area contributed by atoms with Crippen LogP contribution in [0.5, 0.6) is 0 Å². The number of alkyl halides is 11. The molecule has 0 saturated heterocycles. The molecule has 4 N–H and O–H groups in total. The normalized spacial score (nSPS) is 15.6. The van der Waals surface area contributed by atoms with E-state index < -0.39 is 39.3 Å². The minimum atomic E-state index is -7.86. The van der Waals surface area contributed by atoms with Gasteiger partial charge in [0.15, 0.2) is 0 Å². The molecule has 0 aliphatic heterocycles. The molecule has 0 unspecified atom stereocenters. The molecule has 4 nitrogen and oxygen atoms in total. The zero-order valence-corrected chi connectivity index (χ0v) is 9.85. The van der Waals surface area contributed by atoms with Crippen LogP contribution in [-0.2, 0) is 10.1 Å². The van der Waals surface area contributed by atoms with Crippen LogP contribution in [-0.4, -0.2) is 42.2 Å². The predicted octanol–water partition coefficient (Wildman–Crippen LogP) is 3.10. The summed E-state index contributed by atoms with van der Waals surface area (Å²) in [5.41, 5.74) is 0. The summed E-state index contributed by atoms with van der Waals surface area (Å²) >= 11 is 0. The topological polar surface area (TPSA) is 89.4 Å². The Hall–Kier alpha value is -0.900. The highest BCUT2D eigenvalue weighted by molar-refractivity contribution is 7.87. The van der Waals surface area contributed by atoms with Crippen molar-refractivity contribution in [3.05, 3.63) is 0 Å². The van der Waals surface area contributed by atoms with Crippen molar-refractivity contribution < 1.29 is 61.3 Å². The highest BCUT2D eigenvalue weighted by atomic mass is 32.2. The Kier molecular flexibility index (Phi) is 5.41. The van der Waals surface area contributed by atoms with Crippen LogP contribution in [0.4, 0.5) is 48.3 Å². The third-order valence-corrected chi connectivity index (χ3v) is 2.74. The quantitative estimate of drug-likeness (QED) is 0.590. The molecule has 0 aliphatic rings. The van der Waals surface area contributed by atoms with Crippen molar-refractivity contribution in [2.75, 3.05) is 0 Å². The molecule has 0 amide bonds. The van der Waals surface area contributed by atoms with Crippen molar-refractivity contribution in [2.45, 2.75) is 29.2 Å². The smallest absolute Gasteiger partial charge is 0.344 e. The molecule has 0 aliphatic carbocycles. The average molecular weight is 367 g/mol. The molecule has 0 rings (SSSR count). The molecule has 21 heavy (non-hydrogen) atoms. The van der Waals surface area contributed by atoms with Gasteiger partial charge in [-0.25, -0.2) is 0 Å². The molecule has 0 aromatic rings. The van der Waals surface area contributed by atoms with Crippen molar-refractivity contribution in [2.24, 2.45) is 0 Å². The van der Waals surface area contributed by atoms with Gasteiger partial charge in [-0.3, -0.25) is 4.55 Å². The maximum absolute atomic E-state index is 12.5. The fraction of sp³-hybridized carbons (Fsp3) is 1.00. The lowest BCUT2D eigenvalue weighted by molar-refractivity contribution is -0.413. The van der Waals surface area contributed by atoms with E-state index in [1.165, 1.54) is 0 Å². The lowest BCUT2D eigenvalue weighted by atomic mass is 10.0. The van der Waals surface area contributed by atoms with Crippen LogP contribution >= 0.6 is 0 Å². The molecule has 0 heterocycles. The summed E-state index contributed by atoms with van der Waals surface area (Å²) in [6, 6.07) is 0. The lowest BCUT2D eigenvalue weighted by Gasteiger charge is -2.35. The van der Waals surface area contributed by atoms with Gasteiger partial charge in [0.05, 0.1) is 0 Å². The third-order valence-electron chi connectivity index (χ3n) is 1.83. The van der Waals surface area contributed by atoms with Gasteiger partial charge in [-0.05, 0) is 0 Å². The SMILES string of the molecule is N.O=S(=O)(O)C(F)(F)C(F)(F)C(F)(F)C(F)(F)C(F)(F)F. The fourth-order valence-corrected chi connectivity index (χ4v) is 1.17. The summed E-state index contributed by atoms with van der Waals surface area (Å²) in [7, 11) is -7.41. The van der Waals surface area contributed by atoms with Gasteiger partial charge in [-0.1, -0.05) is 0 Å². The Morgan fingerprint density at radius 2 is 0.905 bits per heavy atom. The number of halogens is 11. The van der Waals surface area contributed by atoms with Crippen LogP contribution in [0, 0.1) is 0 Å². The third kappa shape index (κ3) is 2.87. The van der Waals surface area contributed by atoms with E-state index >= 15 is 0 Å². The summed E-state index contributed by atoms with van der Waals surface area (Å²) in [6.45, 7) is 0. The zero-order chi connectivity index (χ0) is 17.0. The monoisotopic (exact) mass is 367 g/mol. The van der Waals surface area contributed by atoms with Crippen LogP contribution in [0.1, 0.15) is 0 Å². The summed E-state index contributed by atoms with van der Waals surface area (Å²) in [6.07, 6.45) is -7.39. The first-order valence-electron chi connectivity index (χ1n) is 3.80. The van der Waals surface area contributed by atoms with E-state index in [0.717, 1.165) is 0 Å². The Morgan fingerprint density at radius 3 is 1.10 bits per heavy atom. The highest BCUT2D eigenvalue weighted by Gasteiger charge is 2.89. The Labute approximate surface area is 108 Å². The first-order chi connectivity index (χ1) is 8.25. The molecule has 0 fully saturated rings. The number of rotatable bonds is 4. The lowest BCUT2D eigenvalue weighted by Crippen LogP contribution is -2.67.